The van der Waals surface area contributed by atoms with Crippen LogP contribution in [0.25, 0.3) is 10.9 Å². The molecule has 0 saturated carbocycles. The number of aryl methyl sites for hydroxylation is 1. The van der Waals surface area contributed by atoms with Crippen molar-refractivity contribution in [2.75, 3.05) is 19.8 Å². The SMILES string of the molecule is Cc1cc([C@H](C)n2cc(CC3COCCN3C(=O)c3cc4ccc(Cl)c(Cl)c4[nH]c3=O)nn2)ccc1Br. The molecule has 2 aromatic heterocycles. The van der Waals surface area contributed by atoms with E-state index in [4.69, 9.17) is 27.9 Å². The molecule has 1 fully saturated rings. The van der Waals surface area contributed by atoms with Gasteiger partial charge in [0.2, 0.25) is 0 Å². The van der Waals surface area contributed by atoms with Gasteiger partial charge in [0.1, 0.15) is 5.56 Å². The molecule has 37 heavy (non-hydrogen) atoms. The van der Waals surface area contributed by atoms with E-state index in [9.17, 15) is 9.59 Å². The van der Waals surface area contributed by atoms with Crippen molar-refractivity contribution >= 4 is 55.9 Å². The Balaban J connectivity index is 1.37. The topological polar surface area (TPSA) is 93.1 Å². The maximum atomic E-state index is 13.5. The summed E-state index contributed by atoms with van der Waals surface area (Å²) in [5.74, 6) is -0.367. The monoisotopic (exact) mass is 603 g/mol. The number of morpholine rings is 1. The Bertz CT molecular complexity index is 1550. The van der Waals surface area contributed by atoms with E-state index in [1.807, 2.05) is 23.9 Å². The summed E-state index contributed by atoms with van der Waals surface area (Å²) in [6, 6.07) is 10.8. The fraction of sp³-hybridized carbons (Fsp3) is 0.308. The van der Waals surface area contributed by atoms with Gasteiger partial charge in [0.05, 0.1) is 46.6 Å². The third-order valence-corrected chi connectivity index (χ3v) is 8.39. The van der Waals surface area contributed by atoms with Gasteiger partial charge in [-0.3, -0.25) is 9.59 Å². The number of carbonyl (C=O) groups excluding carboxylic acids is 1. The largest absolute Gasteiger partial charge is 0.377 e. The molecule has 1 unspecified atom stereocenters. The van der Waals surface area contributed by atoms with Crippen LogP contribution in [0.2, 0.25) is 10.0 Å². The van der Waals surface area contributed by atoms with Crippen molar-refractivity contribution in [3.63, 3.8) is 0 Å². The van der Waals surface area contributed by atoms with Crippen molar-refractivity contribution in [3.05, 3.63) is 89.9 Å². The summed E-state index contributed by atoms with van der Waals surface area (Å²) in [7, 11) is 0. The lowest BCUT2D eigenvalue weighted by Crippen LogP contribution is -2.50. The third-order valence-electron chi connectivity index (χ3n) is 6.69. The Morgan fingerprint density at radius 1 is 1.27 bits per heavy atom. The number of hydrogen-bond acceptors (Lipinski definition) is 5. The lowest BCUT2D eigenvalue weighted by molar-refractivity contribution is -0.00197. The van der Waals surface area contributed by atoms with Gasteiger partial charge in [0.15, 0.2) is 0 Å². The quantitative estimate of drug-likeness (QED) is 0.338. The zero-order valence-corrected chi connectivity index (χ0v) is 23.3. The van der Waals surface area contributed by atoms with Crippen LogP contribution in [0.3, 0.4) is 0 Å². The molecule has 1 N–H and O–H groups in total. The average molecular weight is 605 g/mol. The van der Waals surface area contributed by atoms with Gasteiger partial charge in [-0.15, -0.1) is 5.10 Å². The molecular formula is C26H24BrCl2N5O3. The maximum absolute atomic E-state index is 13.5. The predicted molar refractivity (Wildman–Crippen MR) is 147 cm³/mol. The number of H-pyrrole nitrogens is 1. The van der Waals surface area contributed by atoms with Gasteiger partial charge < -0.3 is 14.6 Å². The molecule has 0 radical (unpaired) electrons. The average Bonchev–Trinajstić information content (AvgIpc) is 3.36. The zero-order valence-electron chi connectivity index (χ0n) is 20.2. The number of rotatable bonds is 5. The normalized spacial score (nSPS) is 16.8. The molecule has 11 heteroatoms. The first kappa shape index (κ1) is 25.9. The van der Waals surface area contributed by atoms with E-state index in [0.29, 0.717) is 42.1 Å². The van der Waals surface area contributed by atoms with Crippen LogP contribution in [0.5, 0.6) is 0 Å². The van der Waals surface area contributed by atoms with Gasteiger partial charge in [-0.2, -0.15) is 0 Å². The van der Waals surface area contributed by atoms with Gasteiger partial charge in [-0.1, -0.05) is 62.5 Å². The van der Waals surface area contributed by atoms with E-state index in [-0.39, 0.29) is 28.6 Å². The Hall–Kier alpha value is -2.72. The number of halogens is 3. The number of benzene rings is 2. The molecule has 5 rings (SSSR count). The second-order valence-electron chi connectivity index (χ2n) is 9.14. The van der Waals surface area contributed by atoms with E-state index in [0.717, 1.165) is 21.3 Å². The highest BCUT2D eigenvalue weighted by Gasteiger charge is 2.31. The Morgan fingerprint density at radius 3 is 2.86 bits per heavy atom. The molecule has 4 aromatic rings. The van der Waals surface area contributed by atoms with Crippen LogP contribution in [0.15, 0.2) is 51.9 Å². The smallest absolute Gasteiger partial charge is 0.261 e. The molecule has 0 spiro atoms. The summed E-state index contributed by atoms with van der Waals surface area (Å²) in [5.41, 5.74) is 2.93. The van der Waals surface area contributed by atoms with Crippen molar-refractivity contribution in [1.82, 2.24) is 24.9 Å². The molecule has 2 aromatic carbocycles. The van der Waals surface area contributed by atoms with Crippen LogP contribution in [0, 0.1) is 6.92 Å². The predicted octanol–water partition coefficient (Wildman–Crippen LogP) is 5.19. The molecule has 0 aliphatic carbocycles. The number of nitrogens with one attached hydrogen (secondary N) is 1. The van der Waals surface area contributed by atoms with E-state index < -0.39 is 5.56 Å². The Labute approximate surface area is 231 Å². The number of pyridine rings is 1. The third kappa shape index (κ3) is 5.18. The lowest BCUT2D eigenvalue weighted by Gasteiger charge is -2.35. The van der Waals surface area contributed by atoms with Crippen LogP contribution < -0.4 is 5.56 Å². The molecule has 1 saturated heterocycles. The molecule has 0 bridgehead atoms. The van der Waals surface area contributed by atoms with E-state index in [2.05, 4.69) is 50.3 Å². The van der Waals surface area contributed by atoms with E-state index >= 15 is 0 Å². The van der Waals surface area contributed by atoms with Gasteiger partial charge >= 0.3 is 0 Å². The Kier molecular flexibility index (Phi) is 7.40. The molecule has 192 valence electrons. The molecule has 8 nitrogen and oxygen atoms in total. The number of carbonyl (C=O) groups is 1. The van der Waals surface area contributed by atoms with Crippen LogP contribution in [-0.2, 0) is 11.2 Å². The van der Waals surface area contributed by atoms with Crippen LogP contribution >= 0.6 is 39.1 Å². The summed E-state index contributed by atoms with van der Waals surface area (Å²) in [4.78, 5) is 30.7. The summed E-state index contributed by atoms with van der Waals surface area (Å²) in [5, 5.41) is 9.89. The zero-order chi connectivity index (χ0) is 26.3. The number of hydrogen-bond donors (Lipinski definition) is 1. The summed E-state index contributed by atoms with van der Waals surface area (Å²) < 4.78 is 8.55. The van der Waals surface area contributed by atoms with Gasteiger partial charge in [0.25, 0.3) is 11.5 Å². The van der Waals surface area contributed by atoms with E-state index in [1.54, 1.807) is 23.1 Å². The molecule has 1 aliphatic heterocycles. The highest BCUT2D eigenvalue weighted by molar-refractivity contribution is 9.10. The first-order valence-corrected chi connectivity index (χ1v) is 13.3. The number of ether oxygens (including phenoxy) is 1. The minimum absolute atomic E-state index is 0.00937. The number of aromatic nitrogens is 4. The first-order chi connectivity index (χ1) is 17.7. The fourth-order valence-corrected chi connectivity index (χ4v) is 5.16. The first-order valence-electron chi connectivity index (χ1n) is 11.8. The molecule has 1 aliphatic rings. The van der Waals surface area contributed by atoms with E-state index in [1.165, 1.54) is 0 Å². The Morgan fingerprint density at radius 2 is 2.08 bits per heavy atom. The number of fused-ring (bicyclic) bond motifs is 1. The van der Waals surface area contributed by atoms with Crippen molar-refractivity contribution < 1.29 is 9.53 Å². The fourth-order valence-electron chi connectivity index (χ4n) is 4.54. The van der Waals surface area contributed by atoms with Crippen LogP contribution in [0.1, 0.15) is 40.1 Å². The second kappa shape index (κ2) is 10.6. The minimum atomic E-state index is -0.517. The minimum Gasteiger partial charge on any atom is -0.377 e. The summed E-state index contributed by atoms with van der Waals surface area (Å²) in [6.45, 7) is 5.21. The second-order valence-corrected chi connectivity index (χ2v) is 10.8. The molecular weight excluding hydrogens is 581 g/mol. The highest BCUT2D eigenvalue weighted by atomic mass is 79.9. The van der Waals surface area contributed by atoms with Crippen molar-refractivity contribution in [3.8, 4) is 0 Å². The number of nitrogens with zero attached hydrogens (tertiary/aromatic N) is 4. The summed E-state index contributed by atoms with van der Waals surface area (Å²) in [6.07, 6.45) is 2.35. The number of aromatic amines is 1. The lowest BCUT2D eigenvalue weighted by atomic mass is 10.1. The molecule has 3 heterocycles. The van der Waals surface area contributed by atoms with Gasteiger partial charge in [-0.25, -0.2) is 4.68 Å². The standard InChI is InChI=1S/C26H24BrCl2N5O3/c1-14-9-16(3-5-21(14)27)15(2)34-12-18(31-32-34)11-19-13-37-8-7-33(19)26(36)20-10-17-4-6-22(28)23(29)24(17)30-25(20)35/h3-6,9-10,12,15,19H,7-8,11,13H2,1-2H3,(H,30,35)/t15-,19?/m0/s1. The molecule has 1 amide bonds. The number of amides is 1. The van der Waals surface area contributed by atoms with Crippen molar-refractivity contribution in [2.24, 2.45) is 0 Å². The molecule has 2 atom stereocenters. The van der Waals surface area contributed by atoms with Crippen LogP contribution in [0.4, 0.5) is 0 Å². The van der Waals surface area contributed by atoms with Gasteiger partial charge in [-0.05, 0) is 43.2 Å². The van der Waals surface area contributed by atoms with Crippen LogP contribution in [-0.4, -0.2) is 56.6 Å². The maximum Gasteiger partial charge on any atom is 0.261 e. The van der Waals surface area contributed by atoms with Crippen molar-refractivity contribution in [1.29, 1.82) is 0 Å². The van der Waals surface area contributed by atoms with Crippen molar-refractivity contribution in [2.45, 2.75) is 32.4 Å². The van der Waals surface area contributed by atoms with Gasteiger partial charge in [0, 0.05) is 29.0 Å². The highest BCUT2D eigenvalue weighted by Crippen LogP contribution is 2.29. The summed E-state index contributed by atoms with van der Waals surface area (Å²) >= 11 is 15.8.